The maximum atomic E-state index is 2.38. The van der Waals surface area contributed by atoms with Crippen LogP contribution in [-0.2, 0) is 12.8 Å². The Morgan fingerprint density at radius 1 is 0.515 bits per heavy atom. The monoisotopic (exact) mass is 500 g/mol. The molecule has 3 heterocycles. The van der Waals surface area contributed by atoms with Gasteiger partial charge in [0, 0.05) is 19.5 Å². The van der Waals surface area contributed by atoms with Gasteiger partial charge in [0.05, 0.1) is 0 Å². The van der Waals surface area contributed by atoms with Crippen LogP contribution in [0.25, 0.3) is 19.5 Å². The summed E-state index contributed by atoms with van der Waals surface area (Å²) in [7, 11) is 0. The van der Waals surface area contributed by atoms with Crippen LogP contribution in [0.5, 0.6) is 0 Å². The summed E-state index contributed by atoms with van der Waals surface area (Å²) >= 11 is 5.95. The Morgan fingerprint density at radius 2 is 0.909 bits per heavy atom. The van der Waals surface area contributed by atoms with Crippen molar-refractivity contribution in [1.29, 1.82) is 0 Å². The number of unbranched alkanes of at least 4 members (excludes halogenated alkanes) is 10. The van der Waals surface area contributed by atoms with Gasteiger partial charge in [-0.1, -0.05) is 78.1 Å². The van der Waals surface area contributed by atoms with E-state index in [1.807, 2.05) is 22.7 Å². The molecule has 33 heavy (non-hydrogen) atoms. The number of hydrogen-bond acceptors (Lipinski definition) is 3. The first-order valence-corrected chi connectivity index (χ1v) is 16.0. The predicted octanol–water partition coefficient (Wildman–Crippen LogP) is 11.6. The summed E-state index contributed by atoms with van der Waals surface area (Å²) in [6, 6.07) is 4.77. The van der Waals surface area contributed by atoms with Crippen LogP contribution in [0.3, 0.4) is 0 Å². The summed E-state index contributed by atoms with van der Waals surface area (Å²) in [5.41, 5.74) is 6.15. The molecule has 3 aromatic heterocycles. The van der Waals surface area contributed by atoms with Crippen molar-refractivity contribution in [3.05, 3.63) is 45.1 Å². The number of thiophene rings is 3. The van der Waals surface area contributed by atoms with Crippen molar-refractivity contribution in [3.8, 4) is 19.5 Å². The molecule has 0 N–H and O–H groups in total. The Kier molecular flexibility index (Phi) is 11.7. The second-order valence-corrected chi connectivity index (χ2v) is 12.4. The fraction of sp³-hybridized carbons (Fsp3) is 0.600. The molecule has 0 atom stereocenters. The van der Waals surface area contributed by atoms with Crippen LogP contribution >= 0.6 is 34.0 Å². The van der Waals surface area contributed by atoms with E-state index in [9.17, 15) is 0 Å². The maximum Gasteiger partial charge on any atom is 0.0484 e. The van der Waals surface area contributed by atoms with Gasteiger partial charge in [0.15, 0.2) is 0 Å². The normalized spacial score (nSPS) is 11.5. The van der Waals surface area contributed by atoms with Crippen molar-refractivity contribution in [2.24, 2.45) is 0 Å². The summed E-state index contributed by atoms with van der Waals surface area (Å²) in [6.45, 7) is 9.29. The molecule has 0 aliphatic heterocycles. The van der Waals surface area contributed by atoms with Gasteiger partial charge in [0.25, 0.3) is 0 Å². The highest BCUT2D eigenvalue weighted by molar-refractivity contribution is 7.26. The Morgan fingerprint density at radius 3 is 1.33 bits per heavy atom. The van der Waals surface area contributed by atoms with Crippen LogP contribution < -0.4 is 0 Å². The third kappa shape index (κ3) is 7.54. The standard InChI is InChI=1S/C30H44S3/c1-5-7-9-11-13-15-17-25-19-21-31-29(25)27-23(3)24(4)28(33-27)30-26(20-22-32-30)18-16-14-12-10-8-6-2/h19-22H,5-18H2,1-4H3. The van der Waals surface area contributed by atoms with Gasteiger partial charge < -0.3 is 0 Å². The van der Waals surface area contributed by atoms with Crippen LogP contribution in [0.4, 0.5) is 0 Å². The van der Waals surface area contributed by atoms with Crippen LogP contribution in [0.2, 0.25) is 0 Å². The van der Waals surface area contributed by atoms with Crippen molar-refractivity contribution in [3.63, 3.8) is 0 Å². The lowest BCUT2D eigenvalue weighted by molar-refractivity contribution is 0.608. The molecule has 0 bridgehead atoms. The van der Waals surface area contributed by atoms with Crippen molar-refractivity contribution in [2.75, 3.05) is 0 Å². The molecule has 0 radical (unpaired) electrons. The SMILES string of the molecule is CCCCCCCCc1ccsc1-c1sc(-c2sccc2CCCCCCCC)c(C)c1C. The van der Waals surface area contributed by atoms with Crippen molar-refractivity contribution in [2.45, 2.75) is 118 Å². The highest BCUT2D eigenvalue weighted by atomic mass is 32.1. The smallest absolute Gasteiger partial charge is 0.0484 e. The molecule has 0 aliphatic carbocycles. The third-order valence-corrected chi connectivity index (χ3v) is 10.6. The van der Waals surface area contributed by atoms with E-state index in [2.05, 4.69) is 61.9 Å². The zero-order chi connectivity index (χ0) is 23.5. The van der Waals surface area contributed by atoms with E-state index in [0.717, 1.165) is 0 Å². The lowest BCUT2D eigenvalue weighted by Gasteiger charge is -2.04. The topological polar surface area (TPSA) is 0 Å². The number of aryl methyl sites for hydroxylation is 2. The zero-order valence-electron chi connectivity index (χ0n) is 21.4. The molecule has 0 saturated heterocycles. The maximum absolute atomic E-state index is 2.38. The predicted molar refractivity (Wildman–Crippen MR) is 155 cm³/mol. The van der Waals surface area contributed by atoms with Crippen LogP contribution in [0, 0.1) is 13.8 Å². The van der Waals surface area contributed by atoms with E-state index in [-0.39, 0.29) is 0 Å². The quantitative estimate of drug-likeness (QED) is 0.171. The summed E-state index contributed by atoms with van der Waals surface area (Å²) in [4.78, 5) is 6.12. The van der Waals surface area contributed by atoms with E-state index >= 15 is 0 Å². The van der Waals surface area contributed by atoms with Crippen molar-refractivity contribution in [1.82, 2.24) is 0 Å². The third-order valence-electron chi connectivity index (χ3n) is 6.95. The summed E-state index contributed by atoms with van der Waals surface area (Å²) in [5, 5.41) is 4.62. The van der Waals surface area contributed by atoms with Gasteiger partial charge in [-0.05, 0) is 84.7 Å². The van der Waals surface area contributed by atoms with Gasteiger partial charge in [0.1, 0.15) is 0 Å². The van der Waals surface area contributed by atoms with Crippen molar-refractivity contribution >= 4 is 34.0 Å². The molecule has 0 fully saturated rings. The van der Waals surface area contributed by atoms with E-state index < -0.39 is 0 Å². The molecule has 0 nitrogen and oxygen atoms in total. The summed E-state index contributed by atoms with van der Waals surface area (Å²) < 4.78 is 0. The Labute approximate surface area is 215 Å². The summed E-state index contributed by atoms with van der Waals surface area (Å²) in [5.74, 6) is 0. The molecule has 0 unspecified atom stereocenters. The summed E-state index contributed by atoms with van der Waals surface area (Å²) in [6.07, 6.45) is 18.9. The Hall–Kier alpha value is -0.900. The molecule has 3 heteroatoms. The molecular weight excluding hydrogens is 457 g/mol. The highest BCUT2D eigenvalue weighted by Crippen LogP contribution is 2.47. The molecule has 3 rings (SSSR count). The average molecular weight is 501 g/mol. The highest BCUT2D eigenvalue weighted by Gasteiger charge is 2.20. The van der Waals surface area contributed by atoms with Crippen LogP contribution in [0.15, 0.2) is 22.9 Å². The zero-order valence-corrected chi connectivity index (χ0v) is 23.9. The molecule has 0 amide bonds. The second-order valence-electron chi connectivity index (χ2n) is 9.60. The number of rotatable bonds is 16. The fourth-order valence-corrected chi connectivity index (χ4v) is 8.39. The minimum absolute atomic E-state index is 1.24. The van der Waals surface area contributed by atoms with Gasteiger partial charge in [-0.25, -0.2) is 0 Å². The lowest BCUT2D eigenvalue weighted by Crippen LogP contribution is -1.87. The van der Waals surface area contributed by atoms with Crippen LogP contribution in [-0.4, -0.2) is 0 Å². The fourth-order valence-electron chi connectivity index (χ4n) is 4.68. The van der Waals surface area contributed by atoms with E-state index in [1.165, 1.54) is 121 Å². The molecule has 0 saturated carbocycles. The van der Waals surface area contributed by atoms with E-state index in [0.29, 0.717) is 0 Å². The van der Waals surface area contributed by atoms with Gasteiger partial charge in [-0.2, -0.15) is 0 Å². The molecule has 3 aromatic rings. The Bertz CT molecular complexity index is 865. The first-order valence-electron chi connectivity index (χ1n) is 13.4. The van der Waals surface area contributed by atoms with E-state index in [1.54, 1.807) is 11.1 Å². The van der Waals surface area contributed by atoms with Crippen molar-refractivity contribution < 1.29 is 0 Å². The first kappa shape index (κ1) is 26.7. The molecular formula is C30H44S3. The Balaban J connectivity index is 1.67. The second kappa shape index (κ2) is 14.5. The molecule has 182 valence electrons. The number of hydrogen-bond donors (Lipinski definition) is 0. The molecule has 0 spiro atoms. The minimum Gasteiger partial charge on any atom is -0.143 e. The van der Waals surface area contributed by atoms with E-state index in [4.69, 9.17) is 0 Å². The first-order chi connectivity index (χ1) is 16.2. The average Bonchev–Trinajstić information content (AvgIpc) is 3.54. The van der Waals surface area contributed by atoms with Crippen LogP contribution in [0.1, 0.15) is 113 Å². The van der Waals surface area contributed by atoms with Gasteiger partial charge in [0.2, 0.25) is 0 Å². The van der Waals surface area contributed by atoms with Gasteiger partial charge in [-0.3, -0.25) is 0 Å². The van der Waals surface area contributed by atoms with Gasteiger partial charge >= 0.3 is 0 Å². The lowest BCUT2D eigenvalue weighted by atomic mass is 10.0. The molecule has 0 aliphatic rings. The van der Waals surface area contributed by atoms with Gasteiger partial charge in [-0.15, -0.1) is 34.0 Å². The largest absolute Gasteiger partial charge is 0.143 e. The minimum atomic E-state index is 1.24. The molecule has 0 aromatic carbocycles.